The van der Waals surface area contributed by atoms with Crippen molar-refractivity contribution >= 4 is 46.8 Å². The molecule has 3 saturated heterocycles. The maximum atomic E-state index is 15.5. The molecule has 4 aliphatic heterocycles. The lowest BCUT2D eigenvalue weighted by Crippen LogP contribution is -2.74. The molecule has 61 heavy (non-hydrogen) atoms. The molecular weight excluding hydrogens is 799 g/mol. The molecule has 0 radical (unpaired) electrons. The van der Waals surface area contributed by atoms with Crippen molar-refractivity contribution in [3.05, 3.63) is 93.3 Å². The largest absolute Gasteiger partial charge is 0.489 e. The molecule has 1 atom stereocenters. The minimum atomic E-state index is -1.10. The van der Waals surface area contributed by atoms with Crippen molar-refractivity contribution in [2.24, 2.45) is 16.7 Å². The lowest BCUT2D eigenvalue weighted by molar-refractivity contribution is -0.164. The lowest BCUT2D eigenvalue weighted by atomic mass is 9.49. The van der Waals surface area contributed by atoms with Gasteiger partial charge in [-0.15, -0.1) is 0 Å². The summed E-state index contributed by atoms with van der Waals surface area (Å²) < 4.78 is 21.8. The van der Waals surface area contributed by atoms with Crippen LogP contribution in [0.15, 0.2) is 54.6 Å². The number of rotatable bonds is 7. The Hall–Kier alpha value is -5.76. The molecule has 1 saturated carbocycles. The fraction of sp³-hybridized carbons (Fsp3) is 0.447. The first-order valence-electron chi connectivity index (χ1n) is 20.9. The topological polar surface area (TPSA) is 152 Å². The third-order valence-corrected chi connectivity index (χ3v) is 13.7. The van der Waals surface area contributed by atoms with E-state index in [-0.39, 0.29) is 64.5 Å². The lowest BCUT2D eigenvalue weighted by Gasteiger charge is -2.63. The van der Waals surface area contributed by atoms with Gasteiger partial charge in [0, 0.05) is 65.5 Å². The number of amides is 5. The molecule has 316 valence electrons. The summed E-state index contributed by atoms with van der Waals surface area (Å²) in [5, 5.41) is 15.0. The van der Waals surface area contributed by atoms with E-state index in [0.717, 1.165) is 55.3 Å². The molecule has 2 N–H and O–H groups in total. The maximum absolute atomic E-state index is 15.5. The van der Waals surface area contributed by atoms with Gasteiger partial charge in [0.1, 0.15) is 29.8 Å². The number of halogens is 2. The van der Waals surface area contributed by atoms with Crippen LogP contribution in [-0.4, -0.2) is 89.7 Å². The highest BCUT2D eigenvalue weighted by atomic mass is 35.5. The van der Waals surface area contributed by atoms with E-state index >= 15 is 4.39 Å². The number of nitriles is 1. The smallest absolute Gasteiger partial charge is 0.262 e. The van der Waals surface area contributed by atoms with Crippen molar-refractivity contribution in [2.45, 2.75) is 90.4 Å². The molecule has 3 aromatic rings. The molecule has 0 spiro atoms. The monoisotopic (exact) mass is 846 g/mol. The summed E-state index contributed by atoms with van der Waals surface area (Å²) in [4.78, 5) is 69.2. The van der Waals surface area contributed by atoms with Crippen LogP contribution in [0.2, 0.25) is 5.02 Å². The quantitative estimate of drug-likeness (QED) is 0.213. The van der Waals surface area contributed by atoms with Crippen LogP contribution < -0.4 is 20.3 Å². The summed E-state index contributed by atoms with van der Waals surface area (Å²) >= 11 is 6.24. The normalized spacial score (nSPS) is 23.9. The molecular formula is C47H48ClFN6O6. The Morgan fingerprint density at radius 1 is 0.885 bits per heavy atom. The van der Waals surface area contributed by atoms with Gasteiger partial charge >= 0.3 is 0 Å². The van der Waals surface area contributed by atoms with Crippen molar-refractivity contribution in [2.75, 3.05) is 31.1 Å². The Bertz CT molecular complexity index is 2400. The Labute approximate surface area is 359 Å². The van der Waals surface area contributed by atoms with Gasteiger partial charge in [-0.1, -0.05) is 51.1 Å². The SMILES string of the molecule is CC1(C)[C@H](NC(=O)c2ccc(C#CC3CCN(C4CCN(c5cc6c(cc5F)C(=O)N(C5CCC(=O)NC5=O)C6=O)CC4)CC3)cc2)C(C)(C)[C@H]1Oc1ccc(C#N)c(Cl)c1. The summed E-state index contributed by atoms with van der Waals surface area (Å²) in [7, 11) is 0. The molecule has 4 fully saturated rings. The molecule has 12 nitrogen and oxygen atoms in total. The second-order valence-corrected chi connectivity index (χ2v) is 18.4. The van der Waals surface area contributed by atoms with Crippen molar-refractivity contribution in [3.8, 4) is 23.7 Å². The average Bonchev–Trinajstić information content (AvgIpc) is 3.48. The molecule has 1 aliphatic carbocycles. The fourth-order valence-electron chi connectivity index (χ4n) is 10.3. The number of carbonyl (C=O) groups excluding carboxylic acids is 5. The number of nitrogens with zero attached hydrogens (tertiary/aromatic N) is 4. The summed E-state index contributed by atoms with van der Waals surface area (Å²) in [6.07, 6.45) is 3.36. The predicted octanol–water partition coefficient (Wildman–Crippen LogP) is 6.10. The van der Waals surface area contributed by atoms with Gasteiger partial charge in [0.2, 0.25) is 11.8 Å². The van der Waals surface area contributed by atoms with Crippen LogP contribution in [0.1, 0.15) is 108 Å². The zero-order chi connectivity index (χ0) is 43.4. The van der Waals surface area contributed by atoms with Crippen LogP contribution in [0.4, 0.5) is 10.1 Å². The summed E-state index contributed by atoms with van der Waals surface area (Å²) in [5.74, 6) is 4.32. The van der Waals surface area contributed by atoms with Crippen LogP contribution >= 0.6 is 11.6 Å². The van der Waals surface area contributed by atoms with E-state index in [0.29, 0.717) is 41.0 Å². The zero-order valence-corrected chi connectivity index (χ0v) is 35.4. The highest BCUT2D eigenvalue weighted by Gasteiger charge is 2.64. The number of hydrogen-bond acceptors (Lipinski definition) is 9. The van der Waals surface area contributed by atoms with Crippen LogP contribution in [-0.2, 0) is 9.59 Å². The van der Waals surface area contributed by atoms with Gasteiger partial charge in [0.25, 0.3) is 17.7 Å². The maximum Gasteiger partial charge on any atom is 0.262 e. The summed E-state index contributed by atoms with van der Waals surface area (Å²) in [6.45, 7) is 11.3. The van der Waals surface area contributed by atoms with Gasteiger partial charge in [-0.2, -0.15) is 5.26 Å². The molecule has 0 aromatic heterocycles. The van der Waals surface area contributed by atoms with Gasteiger partial charge in [0.15, 0.2) is 0 Å². The molecule has 5 aliphatic rings. The van der Waals surface area contributed by atoms with Gasteiger partial charge < -0.3 is 19.9 Å². The van der Waals surface area contributed by atoms with Crippen molar-refractivity contribution in [1.29, 1.82) is 5.26 Å². The minimum absolute atomic E-state index is 0.0143. The van der Waals surface area contributed by atoms with Gasteiger partial charge in [-0.3, -0.25) is 34.2 Å². The van der Waals surface area contributed by atoms with Gasteiger partial charge in [-0.25, -0.2) is 4.39 Å². The Kier molecular flexibility index (Phi) is 11.2. The van der Waals surface area contributed by atoms with E-state index in [2.05, 4.69) is 61.1 Å². The number of benzene rings is 3. The van der Waals surface area contributed by atoms with Gasteiger partial charge in [0.05, 0.1) is 27.4 Å². The van der Waals surface area contributed by atoms with Crippen molar-refractivity contribution in [3.63, 3.8) is 0 Å². The summed E-state index contributed by atoms with van der Waals surface area (Å²) in [6, 6.07) is 16.1. The number of carbonyl (C=O) groups is 5. The van der Waals surface area contributed by atoms with E-state index in [1.807, 2.05) is 29.2 Å². The predicted molar refractivity (Wildman–Crippen MR) is 225 cm³/mol. The van der Waals surface area contributed by atoms with E-state index in [4.69, 9.17) is 16.3 Å². The van der Waals surface area contributed by atoms with E-state index in [9.17, 15) is 29.2 Å². The highest BCUT2D eigenvalue weighted by molar-refractivity contribution is 6.31. The Balaban J connectivity index is 0.804. The minimum Gasteiger partial charge on any atom is -0.489 e. The highest BCUT2D eigenvalue weighted by Crippen LogP contribution is 2.55. The molecule has 8 rings (SSSR count). The van der Waals surface area contributed by atoms with E-state index in [1.165, 1.54) is 6.07 Å². The number of fused-ring (bicyclic) bond motifs is 1. The van der Waals surface area contributed by atoms with Crippen LogP contribution in [0.25, 0.3) is 0 Å². The Morgan fingerprint density at radius 2 is 1.54 bits per heavy atom. The Morgan fingerprint density at radius 3 is 2.16 bits per heavy atom. The molecule has 5 amide bonds. The average molecular weight is 847 g/mol. The van der Waals surface area contributed by atoms with Gasteiger partial charge in [-0.05, 0) is 93.7 Å². The van der Waals surface area contributed by atoms with E-state index in [1.54, 1.807) is 18.2 Å². The molecule has 3 aromatic carbocycles. The number of ether oxygens (including phenoxy) is 1. The number of likely N-dealkylation sites (tertiary alicyclic amines) is 1. The molecule has 4 heterocycles. The van der Waals surface area contributed by atoms with E-state index < -0.39 is 35.5 Å². The van der Waals surface area contributed by atoms with Crippen LogP contribution in [0.5, 0.6) is 5.75 Å². The van der Waals surface area contributed by atoms with Crippen molar-refractivity contribution in [1.82, 2.24) is 20.4 Å². The third-order valence-electron chi connectivity index (χ3n) is 13.4. The standard InChI is InChI=1S/C47H48ClFN6O6/c1-46(2)44(47(3,4)45(46)61-32-12-11-30(26-50)35(48)23-32)52-40(57)29-9-7-27(8-10-29)5-6-28-15-19-53(20-16-28)31-17-21-54(22-18-31)38-25-34-33(24-36(38)49)42(59)55(43(34)60)37-13-14-39(56)51-41(37)58/h7-12,23-25,28,31,37,44-45H,13-22H2,1-4H3,(H,52,57)(H,51,56,58)/t37?,44-,45-. The molecule has 14 heteroatoms. The first-order chi connectivity index (χ1) is 29.1. The van der Waals surface area contributed by atoms with Crippen molar-refractivity contribution < 1.29 is 33.1 Å². The number of hydrogen-bond donors (Lipinski definition) is 2. The number of piperidine rings is 3. The summed E-state index contributed by atoms with van der Waals surface area (Å²) in [5.41, 5.74) is 1.31. The van der Waals surface area contributed by atoms with Crippen LogP contribution in [0.3, 0.4) is 0 Å². The number of imide groups is 2. The number of anilines is 1. The second kappa shape index (κ2) is 16.3. The first kappa shape index (κ1) is 42.0. The molecule has 1 unspecified atom stereocenters. The molecule has 0 bridgehead atoms. The second-order valence-electron chi connectivity index (χ2n) is 18.0. The zero-order valence-electron chi connectivity index (χ0n) is 34.6. The first-order valence-corrected chi connectivity index (χ1v) is 21.3. The number of nitrogens with one attached hydrogen (secondary N) is 2. The van der Waals surface area contributed by atoms with Crippen LogP contribution in [0, 0.1) is 45.7 Å². The fourth-order valence-corrected chi connectivity index (χ4v) is 10.5. The third kappa shape index (κ3) is 7.86.